The summed E-state index contributed by atoms with van der Waals surface area (Å²) >= 11 is 6.24. The fourth-order valence-corrected chi connectivity index (χ4v) is 4.15. The van der Waals surface area contributed by atoms with E-state index in [1.165, 1.54) is 0 Å². The first kappa shape index (κ1) is 20.9. The minimum atomic E-state index is -0.206. The Hall–Kier alpha value is -3.37. The standard InChI is InChI=1S/C26H23ClN2O2/c1-15-12-16(2)24-20(13-15)23(26(30)28-21-10-5-6-11-22(21)31-4)17(3)25(29-24)18-8-7-9-19(27)14-18/h5-14H,1-4H3,(H,28,30). The summed E-state index contributed by atoms with van der Waals surface area (Å²) in [7, 11) is 1.59. The van der Waals surface area contributed by atoms with Gasteiger partial charge in [-0.25, -0.2) is 4.98 Å². The molecule has 0 fully saturated rings. The summed E-state index contributed by atoms with van der Waals surface area (Å²) in [4.78, 5) is 18.5. The number of amides is 1. The number of aromatic nitrogens is 1. The van der Waals surface area contributed by atoms with Crippen molar-refractivity contribution < 1.29 is 9.53 Å². The number of fused-ring (bicyclic) bond motifs is 1. The second-order valence-corrected chi connectivity index (χ2v) is 8.04. The number of ether oxygens (including phenoxy) is 1. The number of hydrogen-bond acceptors (Lipinski definition) is 3. The van der Waals surface area contributed by atoms with Crippen molar-refractivity contribution in [2.24, 2.45) is 0 Å². The van der Waals surface area contributed by atoms with E-state index >= 15 is 0 Å². The van der Waals surface area contributed by atoms with Crippen molar-refractivity contribution in [3.63, 3.8) is 0 Å². The number of carbonyl (C=O) groups excluding carboxylic acids is 1. The van der Waals surface area contributed by atoms with E-state index in [-0.39, 0.29) is 5.91 Å². The van der Waals surface area contributed by atoms with Crippen molar-refractivity contribution in [3.8, 4) is 17.0 Å². The second-order valence-electron chi connectivity index (χ2n) is 7.60. The molecule has 31 heavy (non-hydrogen) atoms. The molecule has 0 spiro atoms. The number of anilines is 1. The number of carbonyl (C=O) groups is 1. The van der Waals surface area contributed by atoms with Gasteiger partial charge in [-0.3, -0.25) is 4.79 Å². The van der Waals surface area contributed by atoms with E-state index in [0.29, 0.717) is 22.0 Å². The van der Waals surface area contributed by atoms with Gasteiger partial charge in [0.1, 0.15) is 5.75 Å². The molecule has 1 amide bonds. The van der Waals surface area contributed by atoms with Gasteiger partial charge in [0.05, 0.1) is 29.6 Å². The highest BCUT2D eigenvalue weighted by atomic mass is 35.5. The van der Waals surface area contributed by atoms with Crippen LogP contribution in [-0.4, -0.2) is 18.0 Å². The second kappa shape index (κ2) is 8.40. The molecule has 5 heteroatoms. The van der Waals surface area contributed by atoms with Crippen LogP contribution in [0.4, 0.5) is 5.69 Å². The van der Waals surface area contributed by atoms with Crippen LogP contribution in [0.25, 0.3) is 22.2 Å². The summed E-state index contributed by atoms with van der Waals surface area (Å²) in [6.45, 7) is 5.97. The van der Waals surface area contributed by atoms with E-state index in [1.54, 1.807) is 7.11 Å². The van der Waals surface area contributed by atoms with Crippen LogP contribution >= 0.6 is 11.6 Å². The zero-order valence-electron chi connectivity index (χ0n) is 17.9. The molecule has 0 aliphatic carbocycles. The van der Waals surface area contributed by atoms with Crippen molar-refractivity contribution in [2.45, 2.75) is 20.8 Å². The van der Waals surface area contributed by atoms with Crippen LogP contribution in [0.3, 0.4) is 0 Å². The minimum absolute atomic E-state index is 0.206. The third-order valence-corrected chi connectivity index (χ3v) is 5.58. The van der Waals surface area contributed by atoms with Crippen LogP contribution in [-0.2, 0) is 0 Å². The summed E-state index contributed by atoms with van der Waals surface area (Å²) < 4.78 is 5.40. The summed E-state index contributed by atoms with van der Waals surface area (Å²) in [5.74, 6) is 0.400. The van der Waals surface area contributed by atoms with Crippen LogP contribution in [0.5, 0.6) is 5.75 Å². The molecule has 4 rings (SSSR count). The largest absolute Gasteiger partial charge is 0.495 e. The van der Waals surface area contributed by atoms with Crippen LogP contribution in [0, 0.1) is 20.8 Å². The van der Waals surface area contributed by atoms with Crippen LogP contribution in [0.1, 0.15) is 27.0 Å². The summed E-state index contributed by atoms with van der Waals surface area (Å²) in [6.07, 6.45) is 0. The van der Waals surface area contributed by atoms with E-state index in [4.69, 9.17) is 21.3 Å². The first-order valence-electron chi connectivity index (χ1n) is 10.0. The molecule has 156 valence electrons. The van der Waals surface area contributed by atoms with E-state index in [9.17, 15) is 4.79 Å². The Morgan fingerprint density at radius 3 is 2.52 bits per heavy atom. The molecule has 0 radical (unpaired) electrons. The number of benzene rings is 3. The fourth-order valence-electron chi connectivity index (χ4n) is 3.96. The smallest absolute Gasteiger partial charge is 0.256 e. The Morgan fingerprint density at radius 1 is 1.00 bits per heavy atom. The van der Waals surface area contributed by atoms with Gasteiger partial charge in [0.2, 0.25) is 0 Å². The number of rotatable bonds is 4. The number of hydrogen-bond donors (Lipinski definition) is 1. The summed E-state index contributed by atoms with van der Waals surface area (Å²) in [5.41, 5.74) is 6.53. The van der Waals surface area contributed by atoms with E-state index < -0.39 is 0 Å². The highest BCUT2D eigenvalue weighted by molar-refractivity contribution is 6.30. The van der Waals surface area contributed by atoms with Gasteiger partial charge >= 0.3 is 0 Å². The molecule has 0 bridgehead atoms. The number of halogens is 1. The quantitative estimate of drug-likeness (QED) is 0.390. The average Bonchev–Trinajstić information content (AvgIpc) is 2.73. The number of para-hydroxylation sites is 2. The lowest BCUT2D eigenvalue weighted by atomic mass is 9.94. The fraction of sp³-hybridized carbons (Fsp3) is 0.154. The highest BCUT2D eigenvalue weighted by Gasteiger charge is 2.21. The first-order valence-corrected chi connectivity index (χ1v) is 10.4. The van der Waals surface area contributed by atoms with Gasteiger partial charge in [0.25, 0.3) is 5.91 Å². The Kier molecular flexibility index (Phi) is 5.66. The van der Waals surface area contributed by atoms with Crippen molar-refractivity contribution in [3.05, 3.63) is 87.9 Å². The van der Waals surface area contributed by atoms with Gasteiger partial charge in [-0.15, -0.1) is 0 Å². The molecule has 0 aliphatic rings. The molecule has 1 heterocycles. The normalized spacial score (nSPS) is 10.9. The van der Waals surface area contributed by atoms with Gasteiger partial charge in [0, 0.05) is 16.0 Å². The van der Waals surface area contributed by atoms with Crippen LogP contribution in [0.15, 0.2) is 60.7 Å². The minimum Gasteiger partial charge on any atom is -0.495 e. The van der Waals surface area contributed by atoms with Crippen molar-refractivity contribution in [2.75, 3.05) is 12.4 Å². The molecular formula is C26H23ClN2O2. The molecule has 4 nitrogen and oxygen atoms in total. The molecule has 4 aromatic rings. The van der Waals surface area contributed by atoms with Gasteiger partial charge < -0.3 is 10.1 Å². The maximum absolute atomic E-state index is 13.6. The van der Waals surface area contributed by atoms with Gasteiger partial charge in [0.15, 0.2) is 0 Å². The van der Waals surface area contributed by atoms with Gasteiger partial charge in [-0.2, -0.15) is 0 Å². The Bertz CT molecular complexity index is 1310. The third kappa shape index (κ3) is 3.99. The lowest BCUT2D eigenvalue weighted by molar-refractivity contribution is 0.102. The van der Waals surface area contributed by atoms with Crippen LogP contribution in [0.2, 0.25) is 5.02 Å². The predicted molar refractivity (Wildman–Crippen MR) is 127 cm³/mol. The number of pyridine rings is 1. The maximum Gasteiger partial charge on any atom is 0.256 e. The van der Waals surface area contributed by atoms with Crippen molar-refractivity contribution >= 4 is 34.1 Å². The summed E-state index contributed by atoms with van der Waals surface area (Å²) in [5, 5.41) is 4.47. The highest BCUT2D eigenvalue weighted by Crippen LogP contribution is 2.34. The van der Waals surface area contributed by atoms with Crippen molar-refractivity contribution in [1.82, 2.24) is 4.98 Å². The molecule has 1 aromatic heterocycles. The van der Waals surface area contributed by atoms with Gasteiger partial charge in [-0.05, 0) is 62.2 Å². The number of nitrogens with one attached hydrogen (secondary N) is 1. The molecule has 0 saturated carbocycles. The lowest BCUT2D eigenvalue weighted by Gasteiger charge is -2.17. The van der Waals surface area contributed by atoms with E-state index in [1.807, 2.05) is 75.4 Å². The molecule has 0 saturated heterocycles. The molecule has 0 atom stereocenters. The number of methoxy groups -OCH3 is 1. The van der Waals surface area contributed by atoms with Crippen molar-refractivity contribution in [1.29, 1.82) is 0 Å². The lowest BCUT2D eigenvalue weighted by Crippen LogP contribution is -2.16. The van der Waals surface area contributed by atoms with Gasteiger partial charge in [-0.1, -0.05) is 47.5 Å². The number of aryl methyl sites for hydroxylation is 2. The third-order valence-electron chi connectivity index (χ3n) is 5.35. The molecule has 0 unspecified atom stereocenters. The molecule has 0 aliphatic heterocycles. The summed E-state index contributed by atoms with van der Waals surface area (Å²) in [6, 6.07) is 19.0. The van der Waals surface area contributed by atoms with E-state index in [0.717, 1.165) is 38.9 Å². The average molecular weight is 431 g/mol. The zero-order chi connectivity index (χ0) is 22.1. The Balaban J connectivity index is 1.96. The predicted octanol–water partition coefficient (Wildman–Crippen LogP) is 6.74. The maximum atomic E-state index is 13.6. The van der Waals surface area contributed by atoms with Crippen LogP contribution < -0.4 is 10.1 Å². The zero-order valence-corrected chi connectivity index (χ0v) is 18.7. The molecule has 1 N–H and O–H groups in total. The molecular weight excluding hydrogens is 408 g/mol. The SMILES string of the molecule is COc1ccccc1NC(=O)c1c(C)c(-c2cccc(Cl)c2)nc2c(C)cc(C)cc12. The van der Waals surface area contributed by atoms with E-state index in [2.05, 4.69) is 11.4 Å². The first-order chi connectivity index (χ1) is 14.9. The number of nitrogens with zero attached hydrogens (tertiary/aromatic N) is 1. The topological polar surface area (TPSA) is 51.2 Å². The Morgan fingerprint density at radius 2 is 1.77 bits per heavy atom. The molecule has 3 aromatic carbocycles. The monoisotopic (exact) mass is 430 g/mol. The Labute approximate surface area is 186 Å².